The molecule has 142 valence electrons. The lowest BCUT2D eigenvalue weighted by atomic mass is 10.3. The zero-order chi connectivity index (χ0) is 19.3. The molecule has 0 aliphatic rings. The van der Waals surface area contributed by atoms with Crippen LogP contribution in [0.15, 0.2) is 35.6 Å². The fourth-order valence-electron chi connectivity index (χ4n) is 2.32. The monoisotopic (exact) mass is 400 g/mol. The van der Waals surface area contributed by atoms with E-state index in [0.29, 0.717) is 17.9 Å². The summed E-state index contributed by atoms with van der Waals surface area (Å²) >= 11 is 6.02. The lowest BCUT2D eigenvalue weighted by Crippen LogP contribution is -2.38. The number of ether oxygens (including phenoxy) is 1. The van der Waals surface area contributed by atoms with Crippen LogP contribution in [-0.4, -0.2) is 48.4 Å². The Balaban J connectivity index is 2.22. The van der Waals surface area contributed by atoms with Crippen molar-refractivity contribution in [3.8, 4) is 5.75 Å². The quantitative estimate of drug-likeness (QED) is 0.732. The van der Waals surface area contributed by atoms with Crippen LogP contribution in [0.1, 0.15) is 13.3 Å². The van der Waals surface area contributed by atoms with E-state index in [-0.39, 0.29) is 23.3 Å². The number of benzene rings is 1. The number of anilines is 1. The van der Waals surface area contributed by atoms with Gasteiger partial charge in [0.05, 0.1) is 25.7 Å². The first kappa shape index (κ1) is 20.2. The topological polar surface area (TPSA) is 93.5 Å². The van der Waals surface area contributed by atoms with Gasteiger partial charge in [0.15, 0.2) is 0 Å². The first-order valence-corrected chi connectivity index (χ1v) is 9.72. The van der Waals surface area contributed by atoms with E-state index in [2.05, 4.69) is 10.3 Å². The van der Waals surface area contributed by atoms with Crippen molar-refractivity contribution in [2.45, 2.75) is 18.4 Å². The number of imidazole rings is 1. The molecule has 2 aromatic rings. The molecule has 0 saturated carbocycles. The van der Waals surface area contributed by atoms with Crippen LogP contribution in [0.3, 0.4) is 0 Å². The van der Waals surface area contributed by atoms with E-state index in [9.17, 15) is 13.2 Å². The summed E-state index contributed by atoms with van der Waals surface area (Å²) in [6, 6.07) is 6.88. The van der Waals surface area contributed by atoms with Crippen LogP contribution in [0.2, 0.25) is 5.15 Å². The highest BCUT2D eigenvalue weighted by atomic mass is 35.5. The number of aromatic nitrogens is 2. The highest BCUT2D eigenvalue weighted by Crippen LogP contribution is 2.24. The second-order valence-electron chi connectivity index (χ2n) is 5.54. The van der Waals surface area contributed by atoms with Crippen molar-refractivity contribution in [3.05, 3.63) is 35.7 Å². The molecule has 1 amide bonds. The second-order valence-corrected chi connectivity index (χ2v) is 7.75. The summed E-state index contributed by atoms with van der Waals surface area (Å²) in [6.07, 6.45) is 1.85. The van der Waals surface area contributed by atoms with Crippen LogP contribution >= 0.6 is 11.6 Å². The van der Waals surface area contributed by atoms with Gasteiger partial charge in [0.25, 0.3) is 10.0 Å². The minimum absolute atomic E-state index is 0.00348. The summed E-state index contributed by atoms with van der Waals surface area (Å²) in [7, 11) is -0.921. The molecule has 0 atom stereocenters. The van der Waals surface area contributed by atoms with Gasteiger partial charge in [-0.15, -0.1) is 0 Å². The van der Waals surface area contributed by atoms with Gasteiger partial charge >= 0.3 is 0 Å². The minimum atomic E-state index is -4.00. The number of hydrogen-bond donors (Lipinski definition) is 1. The molecule has 0 radical (unpaired) electrons. The lowest BCUT2D eigenvalue weighted by molar-refractivity contribution is -0.116. The van der Waals surface area contributed by atoms with E-state index in [4.69, 9.17) is 16.3 Å². The summed E-state index contributed by atoms with van der Waals surface area (Å²) < 4.78 is 33.3. The van der Waals surface area contributed by atoms with Gasteiger partial charge in [-0.3, -0.25) is 4.79 Å². The summed E-state index contributed by atoms with van der Waals surface area (Å²) in [5.74, 6) is -0.00269. The SMILES string of the molecule is CCCN(CC(=O)Nc1ccccc1OC)S(=O)(=O)c1ncn(C)c1Cl. The maximum Gasteiger partial charge on any atom is 0.264 e. The number of hydrogen-bond acceptors (Lipinski definition) is 5. The highest BCUT2D eigenvalue weighted by Gasteiger charge is 2.31. The average Bonchev–Trinajstić information content (AvgIpc) is 2.94. The number of nitrogens with one attached hydrogen (secondary N) is 1. The van der Waals surface area contributed by atoms with Crippen molar-refractivity contribution in [1.82, 2.24) is 13.9 Å². The molecule has 0 fully saturated rings. The molecule has 0 aliphatic carbocycles. The smallest absolute Gasteiger partial charge is 0.264 e. The van der Waals surface area contributed by atoms with Gasteiger partial charge < -0.3 is 14.6 Å². The van der Waals surface area contributed by atoms with E-state index in [1.54, 1.807) is 31.3 Å². The molecule has 0 bridgehead atoms. The fraction of sp³-hybridized carbons (Fsp3) is 0.375. The summed E-state index contributed by atoms with van der Waals surface area (Å²) in [6.45, 7) is 1.62. The maximum absolute atomic E-state index is 12.8. The number of methoxy groups -OCH3 is 1. The third-order valence-corrected chi connectivity index (χ3v) is 5.93. The molecule has 0 aliphatic heterocycles. The molecular formula is C16H21ClN4O4S. The second kappa shape index (κ2) is 8.52. The Kier molecular flexibility index (Phi) is 6.63. The number of para-hydroxylation sites is 2. The number of carbonyl (C=O) groups is 1. The van der Waals surface area contributed by atoms with Gasteiger partial charge in [-0.25, -0.2) is 13.4 Å². The largest absolute Gasteiger partial charge is 0.495 e. The molecular weight excluding hydrogens is 380 g/mol. The van der Waals surface area contributed by atoms with Crippen molar-refractivity contribution in [3.63, 3.8) is 0 Å². The van der Waals surface area contributed by atoms with Gasteiger partial charge in [0.2, 0.25) is 10.9 Å². The van der Waals surface area contributed by atoms with Gasteiger partial charge in [0, 0.05) is 13.6 Å². The number of halogens is 1. The normalized spacial score (nSPS) is 11.6. The summed E-state index contributed by atoms with van der Waals surface area (Å²) in [4.78, 5) is 16.3. The van der Waals surface area contributed by atoms with Gasteiger partial charge in [0.1, 0.15) is 10.9 Å². The van der Waals surface area contributed by atoms with Crippen molar-refractivity contribution in [1.29, 1.82) is 0 Å². The van der Waals surface area contributed by atoms with Crippen LogP contribution in [0.25, 0.3) is 0 Å². The zero-order valence-electron chi connectivity index (χ0n) is 14.8. The molecule has 1 N–H and O–H groups in total. The number of sulfonamides is 1. The third-order valence-electron chi connectivity index (χ3n) is 3.59. The zero-order valence-corrected chi connectivity index (χ0v) is 16.3. The lowest BCUT2D eigenvalue weighted by Gasteiger charge is -2.20. The van der Waals surface area contributed by atoms with Gasteiger partial charge in [-0.05, 0) is 18.6 Å². The molecule has 26 heavy (non-hydrogen) atoms. The van der Waals surface area contributed by atoms with Gasteiger partial charge in [-0.1, -0.05) is 30.7 Å². The van der Waals surface area contributed by atoms with Crippen LogP contribution < -0.4 is 10.1 Å². The molecule has 0 saturated heterocycles. The van der Waals surface area contributed by atoms with Crippen molar-refractivity contribution < 1.29 is 17.9 Å². The maximum atomic E-state index is 12.8. The Morgan fingerprint density at radius 1 is 1.38 bits per heavy atom. The average molecular weight is 401 g/mol. The number of nitrogens with zero attached hydrogens (tertiary/aromatic N) is 3. The minimum Gasteiger partial charge on any atom is -0.495 e. The molecule has 1 heterocycles. The Hall–Kier alpha value is -2.10. The highest BCUT2D eigenvalue weighted by molar-refractivity contribution is 7.89. The number of rotatable bonds is 8. The van der Waals surface area contributed by atoms with Gasteiger partial charge in [-0.2, -0.15) is 4.31 Å². The van der Waals surface area contributed by atoms with Crippen LogP contribution in [0.5, 0.6) is 5.75 Å². The first-order valence-electron chi connectivity index (χ1n) is 7.91. The Morgan fingerprint density at radius 2 is 2.08 bits per heavy atom. The van der Waals surface area contributed by atoms with E-state index in [1.807, 2.05) is 6.92 Å². The molecule has 0 spiro atoms. The Labute approximate surface area is 157 Å². The van der Waals surface area contributed by atoms with Crippen molar-refractivity contribution in [2.75, 3.05) is 25.5 Å². The molecule has 0 unspecified atom stereocenters. The number of amides is 1. The predicted octanol–water partition coefficient (Wildman–Crippen LogP) is 2.12. The van der Waals surface area contributed by atoms with Crippen molar-refractivity contribution >= 4 is 33.2 Å². The van der Waals surface area contributed by atoms with Crippen LogP contribution in [0.4, 0.5) is 5.69 Å². The van der Waals surface area contributed by atoms with Crippen molar-refractivity contribution in [2.24, 2.45) is 7.05 Å². The Morgan fingerprint density at radius 3 is 2.65 bits per heavy atom. The first-order chi connectivity index (χ1) is 12.3. The Bertz CT molecular complexity index is 882. The predicted molar refractivity (Wildman–Crippen MR) is 98.9 cm³/mol. The number of carbonyl (C=O) groups excluding carboxylic acids is 1. The molecule has 2 rings (SSSR count). The van der Waals surface area contributed by atoms with E-state index in [1.165, 1.54) is 18.0 Å². The third kappa shape index (κ3) is 4.35. The fourth-order valence-corrected chi connectivity index (χ4v) is 4.20. The van der Waals surface area contributed by atoms with Crippen LogP contribution in [-0.2, 0) is 21.9 Å². The summed E-state index contributed by atoms with van der Waals surface area (Å²) in [5, 5.41) is 2.40. The summed E-state index contributed by atoms with van der Waals surface area (Å²) in [5.41, 5.74) is 0.463. The number of aryl methyl sites for hydroxylation is 1. The van der Waals surface area contributed by atoms with E-state index < -0.39 is 15.9 Å². The molecule has 8 nitrogen and oxygen atoms in total. The molecule has 1 aromatic carbocycles. The van der Waals surface area contributed by atoms with Crippen LogP contribution in [0, 0.1) is 0 Å². The van der Waals surface area contributed by atoms with E-state index >= 15 is 0 Å². The molecule has 1 aromatic heterocycles. The van der Waals surface area contributed by atoms with E-state index in [0.717, 1.165) is 4.31 Å². The standard InChI is InChI=1S/C16H21ClN4O4S/c1-4-9-21(26(23,24)16-15(17)20(2)11-18-16)10-14(22)19-12-7-5-6-8-13(12)25-3/h5-8,11H,4,9-10H2,1-3H3,(H,19,22). The molecule has 10 heteroatoms.